The maximum Gasteiger partial charge on any atom is 0.222 e. The molecule has 3 heteroatoms. The van der Waals surface area contributed by atoms with E-state index in [1.54, 1.807) is 0 Å². The van der Waals surface area contributed by atoms with Crippen LogP contribution in [0.2, 0.25) is 0 Å². The highest BCUT2D eigenvalue weighted by molar-refractivity contribution is 5.78. The minimum atomic E-state index is 0.0791. The van der Waals surface area contributed by atoms with E-state index in [-0.39, 0.29) is 18.4 Å². The Balaban J connectivity index is 1.67. The molecule has 0 spiro atoms. The van der Waals surface area contributed by atoms with Crippen molar-refractivity contribution in [1.82, 2.24) is 5.32 Å². The normalized spacial score (nSPS) is 16.9. The van der Waals surface area contributed by atoms with Gasteiger partial charge in [0, 0.05) is 12.5 Å². The molecular formula is C18H27NO2. The van der Waals surface area contributed by atoms with Gasteiger partial charge in [-0.25, -0.2) is 0 Å². The van der Waals surface area contributed by atoms with Crippen LogP contribution in [0.15, 0.2) is 24.3 Å². The number of aliphatic hydroxyl groups is 1. The highest BCUT2D eigenvalue weighted by Gasteiger charge is 2.21. The van der Waals surface area contributed by atoms with Crippen LogP contribution in [0.4, 0.5) is 0 Å². The summed E-state index contributed by atoms with van der Waals surface area (Å²) in [6, 6.07) is 7.89. The van der Waals surface area contributed by atoms with Crippen molar-refractivity contribution in [2.24, 2.45) is 11.8 Å². The van der Waals surface area contributed by atoms with Crippen molar-refractivity contribution >= 4 is 5.91 Å². The number of aliphatic hydroxyl groups excluding tert-OH is 1. The van der Waals surface area contributed by atoms with Crippen molar-refractivity contribution in [3.63, 3.8) is 0 Å². The average Bonchev–Trinajstić information content (AvgIpc) is 3.00. The largest absolute Gasteiger partial charge is 0.392 e. The fraction of sp³-hybridized carbons (Fsp3) is 0.611. The second kappa shape index (κ2) is 8.18. The van der Waals surface area contributed by atoms with Crippen molar-refractivity contribution in [1.29, 1.82) is 0 Å². The summed E-state index contributed by atoms with van der Waals surface area (Å²) in [6.45, 7) is 2.81. The van der Waals surface area contributed by atoms with Crippen LogP contribution in [0.5, 0.6) is 0 Å². The summed E-state index contributed by atoms with van der Waals surface area (Å²) in [6.07, 6.45) is 7.15. The first-order chi connectivity index (χ1) is 10.2. The van der Waals surface area contributed by atoms with E-state index >= 15 is 0 Å². The molecule has 116 valence electrons. The highest BCUT2D eigenvalue weighted by Crippen LogP contribution is 2.30. The number of rotatable bonds is 7. The van der Waals surface area contributed by atoms with E-state index in [1.165, 1.54) is 31.2 Å². The molecule has 1 aliphatic carbocycles. The molecule has 1 saturated carbocycles. The van der Waals surface area contributed by atoms with Crippen LogP contribution >= 0.6 is 0 Å². The number of benzene rings is 1. The number of carbonyl (C=O) groups excluding carboxylic acids is 1. The summed E-state index contributed by atoms with van der Waals surface area (Å²) in [5.41, 5.74) is 2.11. The number of amides is 1. The minimum absolute atomic E-state index is 0.0791. The van der Waals surface area contributed by atoms with Crippen molar-refractivity contribution < 1.29 is 9.90 Å². The lowest BCUT2D eigenvalue weighted by atomic mass is 9.94. The smallest absolute Gasteiger partial charge is 0.222 e. The van der Waals surface area contributed by atoms with Gasteiger partial charge in [0.15, 0.2) is 0 Å². The number of carbonyl (C=O) groups is 1. The zero-order chi connectivity index (χ0) is 15.1. The molecule has 1 fully saturated rings. The lowest BCUT2D eigenvalue weighted by Gasteiger charge is -2.16. The zero-order valence-electron chi connectivity index (χ0n) is 13.0. The average molecular weight is 289 g/mol. The van der Waals surface area contributed by atoms with E-state index in [2.05, 4.69) is 5.32 Å². The van der Waals surface area contributed by atoms with Gasteiger partial charge >= 0.3 is 0 Å². The third kappa shape index (κ3) is 5.16. The lowest BCUT2D eigenvalue weighted by Crippen LogP contribution is -2.31. The molecule has 21 heavy (non-hydrogen) atoms. The van der Waals surface area contributed by atoms with E-state index < -0.39 is 0 Å². The first kappa shape index (κ1) is 16.0. The molecule has 0 aromatic heterocycles. The molecule has 1 aliphatic rings. The molecular weight excluding hydrogens is 262 g/mol. The van der Waals surface area contributed by atoms with Gasteiger partial charge in [-0.2, -0.15) is 0 Å². The van der Waals surface area contributed by atoms with Gasteiger partial charge in [-0.3, -0.25) is 4.79 Å². The molecule has 1 amide bonds. The third-order valence-corrected chi connectivity index (χ3v) is 4.53. The van der Waals surface area contributed by atoms with Crippen molar-refractivity contribution in [3.05, 3.63) is 35.4 Å². The molecule has 1 aromatic rings. The number of hydrogen-bond acceptors (Lipinski definition) is 2. The van der Waals surface area contributed by atoms with Gasteiger partial charge in [0.25, 0.3) is 0 Å². The molecule has 0 bridgehead atoms. The van der Waals surface area contributed by atoms with Gasteiger partial charge in [-0.05, 0) is 29.9 Å². The summed E-state index contributed by atoms with van der Waals surface area (Å²) < 4.78 is 0. The Morgan fingerprint density at radius 2 is 1.86 bits per heavy atom. The molecule has 0 aliphatic heterocycles. The van der Waals surface area contributed by atoms with Gasteiger partial charge in [0.1, 0.15) is 0 Å². The quantitative estimate of drug-likeness (QED) is 0.810. The van der Waals surface area contributed by atoms with E-state index in [1.807, 2.05) is 31.2 Å². The molecule has 2 rings (SSSR count). The Kier molecular flexibility index (Phi) is 6.24. The van der Waals surface area contributed by atoms with Gasteiger partial charge in [-0.15, -0.1) is 0 Å². The first-order valence-electron chi connectivity index (χ1n) is 8.15. The fourth-order valence-electron chi connectivity index (χ4n) is 3.17. The van der Waals surface area contributed by atoms with Crippen molar-refractivity contribution in [3.8, 4) is 0 Å². The fourth-order valence-corrected chi connectivity index (χ4v) is 3.17. The first-order valence-corrected chi connectivity index (χ1v) is 8.15. The molecule has 1 atom stereocenters. The third-order valence-electron chi connectivity index (χ3n) is 4.53. The molecule has 3 nitrogen and oxygen atoms in total. The van der Waals surface area contributed by atoms with Crippen LogP contribution in [0.25, 0.3) is 0 Å². The summed E-state index contributed by atoms with van der Waals surface area (Å²) in [7, 11) is 0. The van der Waals surface area contributed by atoms with E-state index in [0.717, 1.165) is 24.3 Å². The summed E-state index contributed by atoms with van der Waals surface area (Å²) in [5, 5.41) is 12.0. The maximum absolute atomic E-state index is 12.1. The van der Waals surface area contributed by atoms with Crippen molar-refractivity contribution in [2.45, 2.75) is 52.1 Å². The molecule has 1 unspecified atom stereocenters. The molecule has 2 N–H and O–H groups in total. The SMILES string of the molecule is CC(CC1CCCC1)C(=O)NCCc1ccc(CO)cc1. The molecule has 0 heterocycles. The van der Waals surface area contributed by atoms with E-state index in [4.69, 9.17) is 5.11 Å². The second-order valence-corrected chi connectivity index (χ2v) is 6.30. The maximum atomic E-state index is 12.1. The monoisotopic (exact) mass is 289 g/mol. The minimum Gasteiger partial charge on any atom is -0.392 e. The van der Waals surface area contributed by atoms with Gasteiger partial charge in [0.2, 0.25) is 5.91 Å². The topological polar surface area (TPSA) is 49.3 Å². The Bertz CT molecular complexity index is 435. The summed E-state index contributed by atoms with van der Waals surface area (Å²) in [5.74, 6) is 1.08. The number of nitrogens with one attached hydrogen (secondary N) is 1. The molecule has 1 aromatic carbocycles. The van der Waals surface area contributed by atoms with Crippen LogP contribution in [-0.2, 0) is 17.8 Å². The lowest BCUT2D eigenvalue weighted by molar-refractivity contribution is -0.124. The summed E-state index contributed by atoms with van der Waals surface area (Å²) >= 11 is 0. The van der Waals surface area contributed by atoms with Gasteiger partial charge in [-0.1, -0.05) is 56.9 Å². The van der Waals surface area contributed by atoms with E-state index in [0.29, 0.717) is 6.54 Å². The van der Waals surface area contributed by atoms with Crippen LogP contribution in [0, 0.1) is 11.8 Å². The Morgan fingerprint density at radius 3 is 2.48 bits per heavy atom. The number of hydrogen-bond donors (Lipinski definition) is 2. The van der Waals surface area contributed by atoms with Crippen LogP contribution in [-0.4, -0.2) is 17.6 Å². The zero-order valence-corrected chi connectivity index (χ0v) is 13.0. The Labute approximate surface area is 127 Å². The predicted octanol–water partition coefficient (Wildman–Crippen LogP) is 3.05. The van der Waals surface area contributed by atoms with Crippen LogP contribution < -0.4 is 5.32 Å². The molecule has 0 saturated heterocycles. The van der Waals surface area contributed by atoms with Crippen LogP contribution in [0.3, 0.4) is 0 Å². The Morgan fingerprint density at radius 1 is 1.24 bits per heavy atom. The predicted molar refractivity (Wildman–Crippen MR) is 84.8 cm³/mol. The highest BCUT2D eigenvalue weighted by atomic mass is 16.3. The van der Waals surface area contributed by atoms with Gasteiger partial charge < -0.3 is 10.4 Å². The Hall–Kier alpha value is -1.35. The van der Waals surface area contributed by atoms with E-state index in [9.17, 15) is 4.79 Å². The standard InChI is InChI=1S/C18H27NO2/c1-14(12-16-4-2-3-5-16)18(21)19-11-10-15-6-8-17(13-20)9-7-15/h6-9,14,16,20H,2-5,10-13H2,1H3,(H,19,21). The molecule has 0 radical (unpaired) electrons. The van der Waals surface area contributed by atoms with Gasteiger partial charge in [0.05, 0.1) is 6.61 Å². The van der Waals surface area contributed by atoms with Crippen LogP contribution in [0.1, 0.15) is 50.2 Å². The summed E-state index contributed by atoms with van der Waals surface area (Å²) in [4.78, 5) is 12.1. The van der Waals surface area contributed by atoms with Crippen molar-refractivity contribution in [2.75, 3.05) is 6.54 Å². The second-order valence-electron chi connectivity index (χ2n) is 6.30.